The van der Waals surface area contributed by atoms with E-state index in [9.17, 15) is 0 Å². The molecular weight excluding hydrogens is 224 g/mol. The van der Waals surface area contributed by atoms with Crippen molar-refractivity contribution in [3.63, 3.8) is 0 Å². The van der Waals surface area contributed by atoms with Crippen molar-refractivity contribution >= 4 is 0 Å². The molecule has 1 aliphatic rings. The lowest BCUT2D eigenvalue weighted by molar-refractivity contribution is 0.0990. The molecule has 1 aromatic rings. The van der Waals surface area contributed by atoms with Gasteiger partial charge in [0.15, 0.2) is 0 Å². The Morgan fingerprint density at radius 2 is 2.33 bits per heavy atom. The molecule has 1 aliphatic heterocycles. The van der Waals surface area contributed by atoms with Gasteiger partial charge in [0, 0.05) is 37.4 Å². The number of aryl methyl sites for hydroxylation is 1. The van der Waals surface area contributed by atoms with Crippen LogP contribution in [0.4, 0.5) is 0 Å². The standard InChI is InChI=1S/C14H26N4/c1-3-6-18-11-13(9-16-18)10-17-7-4-5-12(2)14(17)8-15/h9,11-12,14H,3-8,10,15H2,1-2H3. The fraction of sp³-hybridized carbons (Fsp3) is 0.786. The van der Waals surface area contributed by atoms with Crippen molar-refractivity contribution in [1.29, 1.82) is 0 Å². The minimum absolute atomic E-state index is 0.535. The zero-order chi connectivity index (χ0) is 13.0. The number of piperidine rings is 1. The highest BCUT2D eigenvalue weighted by atomic mass is 15.3. The van der Waals surface area contributed by atoms with Gasteiger partial charge in [0.05, 0.1) is 6.20 Å². The number of hydrogen-bond donors (Lipinski definition) is 1. The van der Waals surface area contributed by atoms with E-state index in [1.165, 1.54) is 24.9 Å². The van der Waals surface area contributed by atoms with Gasteiger partial charge in [-0.3, -0.25) is 9.58 Å². The number of nitrogens with zero attached hydrogens (tertiary/aromatic N) is 3. The molecule has 4 nitrogen and oxygen atoms in total. The van der Waals surface area contributed by atoms with E-state index in [0.29, 0.717) is 6.04 Å². The van der Waals surface area contributed by atoms with Gasteiger partial charge in [-0.15, -0.1) is 0 Å². The van der Waals surface area contributed by atoms with Crippen molar-refractivity contribution < 1.29 is 0 Å². The zero-order valence-corrected chi connectivity index (χ0v) is 11.7. The topological polar surface area (TPSA) is 47.1 Å². The largest absolute Gasteiger partial charge is 0.329 e. The SMILES string of the molecule is CCCn1cc(CN2CCCC(C)C2CN)cn1. The first-order valence-electron chi connectivity index (χ1n) is 7.20. The number of rotatable bonds is 5. The Balaban J connectivity index is 1.97. The van der Waals surface area contributed by atoms with Gasteiger partial charge in [-0.1, -0.05) is 13.8 Å². The highest BCUT2D eigenvalue weighted by Gasteiger charge is 2.27. The molecule has 1 aromatic heterocycles. The third kappa shape index (κ3) is 3.12. The maximum absolute atomic E-state index is 5.93. The molecule has 0 amide bonds. The van der Waals surface area contributed by atoms with Crippen LogP contribution in [0.1, 0.15) is 38.7 Å². The van der Waals surface area contributed by atoms with Crippen molar-refractivity contribution in [3.8, 4) is 0 Å². The number of hydrogen-bond acceptors (Lipinski definition) is 3. The summed E-state index contributed by atoms with van der Waals surface area (Å²) in [4.78, 5) is 2.53. The van der Waals surface area contributed by atoms with Crippen LogP contribution in [0.2, 0.25) is 0 Å². The predicted octanol–water partition coefficient (Wildman–Crippen LogP) is 1.85. The molecule has 18 heavy (non-hydrogen) atoms. The van der Waals surface area contributed by atoms with Crippen LogP contribution in [-0.2, 0) is 13.1 Å². The molecule has 4 heteroatoms. The molecule has 0 radical (unpaired) electrons. The van der Waals surface area contributed by atoms with Crippen molar-refractivity contribution in [2.45, 2.75) is 52.2 Å². The van der Waals surface area contributed by atoms with Gasteiger partial charge >= 0.3 is 0 Å². The van der Waals surface area contributed by atoms with Gasteiger partial charge < -0.3 is 5.73 Å². The highest BCUT2D eigenvalue weighted by molar-refractivity contribution is 5.04. The summed E-state index contributed by atoms with van der Waals surface area (Å²) >= 11 is 0. The summed E-state index contributed by atoms with van der Waals surface area (Å²) in [5.74, 6) is 0.717. The second kappa shape index (κ2) is 6.34. The van der Waals surface area contributed by atoms with Gasteiger partial charge in [-0.05, 0) is 31.7 Å². The molecule has 0 spiro atoms. The van der Waals surface area contributed by atoms with E-state index in [2.05, 4.69) is 30.0 Å². The molecule has 102 valence electrons. The van der Waals surface area contributed by atoms with E-state index < -0.39 is 0 Å². The van der Waals surface area contributed by atoms with E-state index in [1.807, 2.05) is 10.9 Å². The fourth-order valence-corrected chi connectivity index (χ4v) is 2.99. The molecule has 0 aliphatic carbocycles. The van der Waals surface area contributed by atoms with Gasteiger partial charge in [0.25, 0.3) is 0 Å². The van der Waals surface area contributed by atoms with E-state index >= 15 is 0 Å². The minimum atomic E-state index is 0.535. The molecule has 2 heterocycles. The average Bonchev–Trinajstić information content (AvgIpc) is 2.77. The zero-order valence-electron chi connectivity index (χ0n) is 11.7. The van der Waals surface area contributed by atoms with Crippen molar-refractivity contribution in [3.05, 3.63) is 18.0 Å². The van der Waals surface area contributed by atoms with Gasteiger partial charge in [0.2, 0.25) is 0 Å². The summed E-state index contributed by atoms with van der Waals surface area (Å²) in [7, 11) is 0. The smallest absolute Gasteiger partial charge is 0.0534 e. The second-order valence-electron chi connectivity index (χ2n) is 5.50. The van der Waals surface area contributed by atoms with E-state index in [-0.39, 0.29) is 0 Å². The van der Waals surface area contributed by atoms with Crippen molar-refractivity contribution in [2.24, 2.45) is 11.7 Å². The second-order valence-corrected chi connectivity index (χ2v) is 5.50. The minimum Gasteiger partial charge on any atom is -0.329 e. The third-order valence-corrected chi connectivity index (χ3v) is 4.00. The van der Waals surface area contributed by atoms with Crippen LogP contribution in [0.25, 0.3) is 0 Å². The lowest BCUT2D eigenvalue weighted by Crippen LogP contribution is -2.47. The first kappa shape index (κ1) is 13.6. The summed E-state index contributed by atoms with van der Waals surface area (Å²) in [6, 6.07) is 0.535. The summed E-state index contributed by atoms with van der Waals surface area (Å²) in [6.45, 7) is 8.45. The lowest BCUT2D eigenvalue weighted by atomic mass is 9.90. The Labute approximate surface area is 110 Å². The maximum atomic E-state index is 5.93. The monoisotopic (exact) mass is 250 g/mol. The molecule has 2 N–H and O–H groups in total. The summed E-state index contributed by atoms with van der Waals surface area (Å²) < 4.78 is 2.04. The average molecular weight is 250 g/mol. The number of likely N-dealkylation sites (tertiary alicyclic amines) is 1. The Kier molecular flexibility index (Phi) is 4.78. The van der Waals surface area contributed by atoms with E-state index in [0.717, 1.165) is 32.0 Å². The molecular formula is C14H26N4. The molecule has 1 fully saturated rings. The van der Waals surface area contributed by atoms with E-state index in [4.69, 9.17) is 5.73 Å². The van der Waals surface area contributed by atoms with Crippen LogP contribution in [-0.4, -0.2) is 33.8 Å². The van der Waals surface area contributed by atoms with Crippen LogP contribution in [0.15, 0.2) is 12.4 Å². The third-order valence-electron chi connectivity index (χ3n) is 4.00. The molecule has 2 rings (SSSR count). The van der Waals surface area contributed by atoms with Crippen molar-refractivity contribution in [2.75, 3.05) is 13.1 Å². The van der Waals surface area contributed by atoms with Crippen LogP contribution >= 0.6 is 0 Å². The Hall–Kier alpha value is -0.870. The first-order valence-corrected chi connectivity index (χ1v) is 7.20. The quantitative estimate of drug-likeness (QED) is 0.867. The van der Waals surface area contributed by atoms with E-state index in [1.54, 1.807) is 0 Å². The normalized spacial score (nSPS) is 25.5. The molecule has 0 aromatic carbocycles. The number of aromatic nitrogens is 2. The Bertz CT molecular complexity index is 360. The summed E-state index contributed by atoms with van der Waals surface area (Å²) in [6.07, 6.45) is 7.92. The number of nitrogens with two attached hydrogens (primary N) is 1. The summed E-state index contributed by atoms with van der Waals surface area (Å²) in [5, 5.41) is 4.40. The molecule has 2 atom stereocenters. The highest BCUT2D eigenvalue weighted by Crippen LogP contribution is 2.24. The first-order chi connectivity index (χ1) is 8.74. The van der Waals surface area contributed by atoms with Crippen molar-refractivity contribution in [1.82, 2.24) is 14.7 Å². The Morgan fingerprint density at radius 3 is 3.06 bits per heavy atom. The molecule has 0 saturated carbocycles. The van der Waals surface area contributed by atoms with Crippen LogP contribution in [0.3, 0.4) is 0 Å². The van der Waals surface area contributed by atoms with Crippen LogP contribution in [0.5, 0.6) is 0 Å². The molecule has 0 bridgehead atoms. The lowest BCUT2D eigenvalue weighted by Gasteiger charge is -2.39. The molecule has 1 saturated heterocycles. The van der Waals surface area contributed by atoms with Gasteiger partial charge in [-0.2, -0.15) is 5.10 Å². The maximum Gasteiger partial charge on any atom is 0.0534 e. The van der Waals surface area contributed by atoms with Gasteiger partial charge in [0.1, 0.15) is 0 Å². The molecule has 2 unspecified atom stereocenters. The van der Waals surface area contributed by atoms with Gasteiger partial charge in [-0.25, -0.2) is 0 Å². The Morgan fingerprint density at radius 1 is 1.50 bits per heavy atom. The van der Waals surface area contributed by atoms with Crippen LogP contribution in [0, 0.1) is 5.92 Å². The predicted molar refractivity (Wildman–Crippen MR) is 74.2 cm³/mol. The van der Waals surface area contributed by atoms with Crippen LogP contribution < -0.4 is 5.73 Å². The fourth-order valence-electron chi connectivity index (χ4n) is 2.99. The summed E-state index contributed by atoms with van der Waals surface area (Å²) in [5.41, 5.74) is 7.24.